The zero-order valence-electron chi connectivity index (χ0n) is 18.6. The lowest BCUT2D eigenvalue weighted by atomic mass is 9.95. The molecule has 7 heteroatoms. The number of ether oxygens (including phenoxy) is 1. The van der Waals surface area contributed by atoms with Gasteiger partial charge in [-0.3, -0.25) is 14.5 Å². The van der Waals surface area contributed by atoms with Crippen LogP contribution in [0, 0.1) is 5.41 Å². The standard InChI is InChI=1S/C23H36N4O3/c1-23(2,3)22(29)25-18-7-8-20(27-11-4-5-12-27)19(17-18)21(28)24-9-6-10-26-13-15-30-16-14-26/h7-8,17H,4-6,9-16H2,1-3H3,(H,24,28)(H,25,29). The molecule has 166 valence electrons. The van der Waals surface area contributed by atoms with Crippen molar-refractivity contribution in [1.29, 1.82) is 0 Å². The molecule has 0 spiro atoms. The van der Waals surface area contributed by atoms with Crippen molar-refractivity contribution < 1.29 is 14.3 Å². The number of morpholine rings is 1. The van der Waals surface area contributed by atoms with Crippen molar-refractivity contribution in [3.63, 3.8) is 0 Å². The van der Waals surface area contributed by atoms with E-state index in [0.717, 1.165) is 70.9 Å². The van der Waals surface area contributed by atoms with Gasteiger partial charge in [0, 0.05) is 49.5 Å². The van der Waals surface area contributed by atoms with Crippen molar-refractivity contribution in [2.45, 2.75) is 40.0 Å². The minimum Gasteiger partial charge on any atom is -0.379 e. The van der Waals surface area contributed by atoms with Gasteiger partial charge in [0.2, 0.25) is 5.91 Å². The monoisotopic (exact) mass is 416 g/mol. The van der Waals surface area contributed by atoms with Gasteiger partial charge in [-0.05, 0) is 44.0 Å². The van der Waals surface area contributed by atoms with Crippen molar-refractivity contribution in [2.24, 2.45) is 5.41 Å². The number of carbonyl (C=O) groups excluding carboxylic acids is 2. The van der Waals surface area contributed by atoms with E-state index in [9.17, 15) is 9.59 Å². The molecule has 1 aromatic carbocycles. The van der Waals surface area contributed by atoms with Gasteiger partial charge in [-0.1, -0.05) is 20.8 Å². The van der Waals surface area contributed by atoms with Crippen molar-refractivity contribution in [3.8, 4) is 0 Å². The Labute approximate surface area is 180 Å². The topological polar surface area (TPSA) is 73.9 Å². The van der Waals surface area contributed by atoms with Crippen LogP contribution in [0.15, 0.2) is 18.2 Å². The molecule has 0 unspecified atom stereocenters. The number of amides is 2. The third kappa shape index (κ3) is 6.19. The maximum absolute atomic E-state index is 13.0. The molecule has 2 heterocycles. The summed E-state index contributed by atoms with van der Waals surface area (Å²) in [7, 11) is 0. The van der Waals surface area contributed by atoms with Gasteiger partial charge in [0.05, 0.1) is 18.8 Å². The van der Waals surface area contributed by atoms with Crippen LogP contribution >= 0.6 is 0 Å². The highest BCUT2D eigenvalue weighted by molar-refractivity contribution is 6.02. The molecule has 1 aromatic rings. The van der Waals surface area contributed by atoms with E-state index in [4.69, 9.17) is 4.74 Å². The molecule has 2 amide bonds. The second kappa shape index (κ2) is 10.3. The molecule has 2 saturated heterocycles. The van der Waals surface area contributed by atoms with Gasteiger partial charge in [-0.15, -0.1) is 0 Å². The van der Waals surface area contributed by atoms with E-state index in [2.05, 4.69) is 20.4 Å². The first-order valence-electron chi connectivity index (χ1n) is 11.1. The Morgan fingerprint density at radius 2 is 1.77 bits per heavy atom. The van der Waals surface area contributed by atoms with E-state index in [-0.39, 0.29) is 11.8 Å². The van der Waals surface area contributed by atoms with Crippen LogP contribution in [-0.4, -0.2) is 69.2 Å². The summed E-state index contributed by atoms with van der Waals surface area (Å²) >= 11 is 0. The Hall–Kier alpha value is -2.12. The lowest BCUT2D eigenvalue weighted by molar-refractivity contribution is -0.123. The van der Waals surface area contributed by atoms with Crippen molar-refractivity contribution in [2.75, 3.05) is 62.7 Å². The molecule has 3 rings (SSSR count). The minimum atomic E-state index is -0.491. The number of carbonyl (C=O) groups is 2. The number of anilines is 2. The lowest BCUT2D eigenvalue weighted by Crippen LogP contribution is -2.38. The van der Waals surface area contributed by atoms with E-state index < -0.39 is 5.41 Å². The molecule has 2 N–H and O–H groups in total. The number of nitrogens with zero attached hydrogens (tertiary/aromatic N) is 2. The Morgan fingerprint density at radius 1 is 1.07 bits per heavy atom. The fraction of sp³-hybridized carbons (Fsp3) is 0.652. The highest BCUT2D eigenvalue weighted by atomic mass is 16.5. The van der Waals surface area contributed by atoms with Gasteiger partial charge in [-0.2, -0.15) is 0 Å². The number of hydrogen-bond donors (Lipinski definition) is 2. The van der Waals surface area contributed by atoms with Gasteiger partial charge >= 0.3 is 0 Å². The molecule has 0 aromatic heterocycles. The lowest BCUT2D eigenvalue weighted by Gasteiger charge is -2.26. The average molecular weight is 417 g/mol. The Balaban J connectivity index is 1.65. The van der Waals surface area contributed by atoms with Gasteiger partial charge in [0.1, 0.15) is 0 Å². The molecular formula is C23H36N4O3. The van der Waals surface area contributed by atoms with Gasteiger partial charge < -0.3 is 20.3 Å². The maximum atomic E-state index is 13.0. The summed E-state index contributed by atoms with van der Waals surface area (Å²) in [5.41, 5.74) is 1.76. The number of hydrogen-bond acceptors (Lipinski definition) is 5. The molecule has 0 radical (unpaired) electrons. The van der Waals surface area contributed by atoms with Crippen LogP contribution in [-0.2, 0) is 9.53 Å². The number of benzene rings is 1. The quantitative estimate of drug-likeness (QED) is 0.669. The molecule has 0 saturated carbocycles. The van der Waals surface area contributed by atoms with E-state index >= 15 is 0 Å². The Kier molecular flexibility index (Phi) is 7.72. The summed E-state index contributed by atoms with van der Waals surface area (Å²) in [6.07, 6.45) is 3.19. The van der Waals surface area contributed by atoms with E-state index in [1.165, 1.54) is 0 Å². The molecule has 7 nitrogen and oxygen atoms in total. The fourth-order valence-corrected chi connectivity index (χ4v) is 3.77. The zero-order chi connectivity index (χ0) is 21.6. The third-order valence-electron chi connectivity index (χ3n) is 5.67. The first kappa shape index (κ1) is 22.6. The van der Waals surface area contributed by atoms with Crippen molar-refractivity contribution in [1.82, 2.24) is 10.2 Å². The van der Waals surface area contributed by atoms with Gasteiger partial charge in [0.25, 0.3) is 5.91 Å². The van der Waals surface area contributed by atoms with E-state index in [0.29, 0.717) is 17.8 Å². The van der Waals surface area contributed by atoms with Crippen molar-refractivity contribution >= 4 is 23.2 Å². The largest absolute Gasteiger partial charge is 0.379 e. The third-order valence-corrected chi connectivity index (χ3v) is 5.67. The highest BCUT2D eigenvalue weighted by Crippen LogP contribution is 2.28. The molecule has 2 fully saturated rings. The fourth-order valence-electron chi connectivity index (χ4n) is 3.77. The molecule has 2 aliphatic heterocycles. The summed E-state index contributed by atoms with van der Waals surface area (Å²) in [5.74, 6) is -0.140. The van der Waals surface area contributed by atoms with Crippen LogP contribution in [0.25, 0.3) is 0 Å². The van der Waals surface area contributed by atoms with E-state index in [1.807, 2.05) is 39.0 Å². The zero-order valence-corrected chi connectivity index (χ0v) is 18.6. The number of nitrogens with one attached hydrogen (secondary N) is 2. The van der Waals surface area contributed by atoms with Gasteiger partial charge in [-0.25, -0.2) is 0 Å². The molecule has 2 aliphatic rings. The first-order chi connectivity index (χ1) is 14.3. The van der Waals surface area contributed by atoms with E-state index in [1.54, 1.807) is 0 Å². The predicted octanol–water partition coefficient (Wildman–Crippen LogP) is 2.72. The molecule has 0 aliphatic carbocycles. The van der Waals surface area contributed by atoms with Gasteiger partial charge in [0.15, 0.2) is 0 Å². The Bertz CT molecular complexity index is 732. The van der Waals surface area contributed by atoms with Crippen LogP contribution in [0.3, 0.4) is 0 Å². The van der Waals surface area contributed by atoms with Crippen LogP contribution in [0.4, 0.5) is 11.4 Å². The molecule has 30 heavy (non-hydrogen) atoms. The summed E-state index contributed by atoms with van der Waals surface area (Å²) in [6.45, 7) is 12.7. The first-order valence-corrected chi connectivity index (χ1v) is 11.1. The second-order valence-corrected chi connectivity index (χ2v) is 9.19. The van der Waals surface area contributed by atoms with Crippen LogP contribution in [0.1, 0.15) is 50.4 Å². The molecule has 0 bridgehead atoms. The maximum Gasteiger partial charge on any atom is 0.253 e. The van der Waals surface area contributed by atoms with Crippen LogP contribution < -0.4 is 15.5 Å². The second-order valence-electron chi connectivity index (χ2n) is 9.19. The van der Waals surface area contributed by atoms with Crippen LogP contribution in [0.5, 0.6) is 0 Å². The highest BCUT2D eigenvalue weighted by Gasteiger charge is 2.24. The minimum absolute atomic E-state index is 0.0618. The van der Waals surface area contributed by atoms with Crippen molar-refractivity contribution in [3.05, 3.63) is 23.8 Å². The Morgan fingerprint density at radius 3 is 2.43 bits per heavy atom. The summed E-state index contributed by atoms with van der Waals surface area (Å²) in [6, 6.07) is 5.67. The summed E-state index contributed by atoms with van der Waals surface area (Å²) < 4.78 is 5.38. The summed E-state index contributed by atoms with van der Waals surface area (Å²) in [5, 5.41) is 6.03. The molecule has 0 atom stereocenters. The smallest absolute Gasteiger partial charge is 0.253 e. The number of rotatable bonds is 7. The summed E-state index contributed by atoms with van der Waals surface area (Å²) in [4.78, 5) is 30.0. The van der Waals surface area contributed by atoms with Crippen LogP contribution in [0.2, 0.25) is 0 Å². The molecular weight excluding hydrogens is 380 g/mol. The average Bonchev–Trinajstić information content (AvgIpc) is 3.26. The normalized spacial score (nSPS) is 17.8. The SMILES string of the molecule is CC(C)(C)C(=O)Nc1ccc(N2CCCC2)c(C(=O)NCCCN2CCOCC2)c1. The predicted molar refractivity (Wildman–Crippen MR) is 120 cm³/mol.